The lowest BCUT2D eigenvalue weighted by atomic mass is 10.1. The van der Waals surface area contributed by atoms with Crippen molar-refractivity contribution in [1.29, 1.82) is 0 Å². The first-order valence-corrected chi connectivity index (χ1v) is 7.67. The smallest absolute Gasteiger partial charge is 0.352 e. The van der Waals surface area contributed by atoms with Crippen LogP contribution in [0.1, 0.15) is 28.2 Å². The molecule has 0 aliphatic rings. The average molecular weight is 348 g/mol. The first kappa shape index (κ1) is 16.9. The summed E-state index contributed by atoms with van der Waals surface area (Å²) in [4.78, 5) is 21.8. The molecule has 0 saturated carbocycles. The van der Waals surface area contributed by atoms with Crippen LogP contribution in [-0.4, -0.2) is 27.4 Å². The zero-order chi connectivity index (χ0) is 17.9. The lowest BCUT2D eigenvalue weighted by Crippen LogP contribution is -2.24. The SMILES string of the molecule is O=C(NCCCc1cccnc1)c1ccc2nc(C(F)(F)F)[nH]c2c1. The van der Waals surface area contributed by atoms with Crippen LogP contribution in [0.3, 0.4) is 0 Å². The number of imidazole rings is 1. The number of H-pyrrole nitrogens is 1. The average Bonchev–Trinajstić information content (AvgIpc) is 3.03. The Morgan fingerprint density at radius 1 is 1.24 bits per heavy atom. The molecular formula is C17H15F3N4O. The van der Waals surface area contributed by atoms with E-state index < -0.39 is 12.0 Å². The van der Waals surface area contributed by atoms with Crippen LogP contribution in [0.15, 0.2) is 42.7 Å². The molecule has 0 bridgehead atoms. The quantitative estimate of drug-likeness (QED) is 0.695. The molecule has 0 fully saturated rings. The molecule has 0 aliphatic heterocycles. The van der Waals surface area contributed by atoms with Gasteiger partial charge < -0.3 is 10.3 Å². The predicted molar refractivity (Wildman–Crippen MR) is 86.0 cm³/mol. The summed E-state index contributed by atoms with van der Waals surface area (Å²) in [5.74, 6) is -1.41. The molecule has 0 atom stereocenters. The molecule has 0 spiro atoms. The van der Waals surface area contributed by atoms with Crippen molar-refractivity contribution in [3.63, 3.8) is 0 Å². The molecule has 2 aromatic heterocycles. The maximum Gasteiger partial charge on any atom is 0.449 e. The Morgan fingerprint density at radius 3 is 2.80 bits per heavy atom. The van der Waals surface area contributed by atoms with Crippen LogP contribution in [-0.2, 0) is 12.6 Å². The molecule has 2 heterocycles. The molecule has 1 aromatic carbocycles. The molecule has 1 amide bonds. The number of fused-ring (bicyclic) bond motifs is 1. The van der Waals surface area contributed by atoms with Crippen LogP contribution >= 0.6 is 0 Å². The fourth-order valence-electron chi connectivity index (χ4n) is 2.43. The molecule has 0 radical (unpaired) electrons. The van der Waals surface area contributed by atoms with E-state index in [0.717, 1.165) is 18.4 Å². The number of aromatic amines is 1. The van der Waals surface area contributed by atoms with Crippen molar-refractivity contribution in [2.45, 2.75) is 19.0 Å². The summed E-state index contributed by atoms with van der Waals surface area (Å²) >= 11 is 0. The number of rotatable bonds is 5. The highest BCUT2D eigenvalue weighted by atomic mass is 19.4. The molecule has 0 aliphatic carbocycles. The van der Waals surface area contributed by atoms with E-state index in [1.54, 1.807) is 12.4 Å². The molecule has 8 heteroatoms. The molecule has 0 saturated heterocycles. The van der Waals surface area contributed by atoms with Crippen molar-refractivity contribution >= 4 is 16.9 Å². The Labute approximate surface area is 141 Å². The zero-order valence-corrected chi connectivity index (χ0v) is 13.1. The zero-order valence-electron chi connectivity index (χ0n) is 13.1. The van der Waals surface area contributed by atoms with Crippen LogP contribution in [0.2, 0.25) is 0 Å². The highest BCUT2D eigenvalue weighted by Gasteiger charge is 2.34. The first-order valence-electron chi connectivity index (χ1n) is 7.67. The van der Waals surface area contributed by atoms with Gasteiger partial charge in [-0.25, -0.2) is 4.98 Å². The van der Waals surface area contributed by atoms with Gasteiger partial charge in [-0.3, -0.25) is 9.78 Å². The Balaban J connectivity index is 1.60. The fourth-order valence-corrected chi connectivity index (χ4v) is 2.43. The number of hydrogen-bond donors (Lipinski definition) is 2. The van der Waals surface area contributed by atoms with Gasteiger partial charge in [0.05, 0.1) is 11.0 Å². The standard InChI is InChI=1S/C17H15F3N4O/c18-17(19,20)16-23-13-6-5-12(9-14(13)24-16)15(25)22-8-2-4-11-3-1-7-21-10-11/h1,3,5-7,9-10H,2,4,8H2,(H,22,25)(H,23,24). The van der Waals surface area contributed by atoms with Crippen LogP contribution in [0.25, 0.3) is 11.0 Å². The van der Waals surface area contributed by atoms with Gasteiger partial charge in [-0.2, -0.15) is 13.2 Å². The number of aromatic nitrogens is 3. The third-order valence-electron chi connectivity index (χ3n) is 3.66. The van der Waals surface area contributed by atoms with Crippen LogP contribution < -0.4 is 5.32 Å². The number of nitrogens with one attached hydrogen (secondary N) is 2. The number of carbonyl (C=O) groups is 1. The van der Waals surface area contributed by atoms with Crippen molar-refractivity contribution in [3.8, 4) is 0 Å². The highest BCUT2D eigenvalue weighted by molar-refractivity contribution is 5.97. The fraction of sp³-hybridized carbons (Fsp3) is 0.235. The molecule has 3 aromatic rings. The highest BCUT2D eigenvalue weighted by Crippen LogP contribution is 2.28. The Hall–Kier alpha value is -2.90. The van der Waals surface area contributed by atoms with Crippen LogP contribution in [0, 0.1) is 0 Å². The van der Waals surface area contributed by atoms with E-state index >= 15 is 0 Å². The number of hydrogen-bond acceptors (Lipinski definition) is 3. The number of amides is 1. The van der Waals surface area contributed by atoms with E-state index in [1.165, 1.54) is 18.2 Å². The van der Waals surface area contributed by atoms with E-state index in [-0.39, 0.29) is 22.5 Å². The van der Waals surface area contributed by atoms with Gasteiger partial charge in [0.25, 0.3) is 5.91 Å². The Kier molecular flexibility index (Phi) is 4.69. The van der Waals surface area contributed by atoms with Gasteiger partial charge in [0.2, 0.25) is 5.82 Å². The summed E-state index contributed by atoms with van der Waals surface area (Å²) in [7, 11) is 0. The monoisotopic (exact) mass is 348 g/mol. The van der Waals surface area contributed by atoms with E-state index in [2.05, 4.69) is 20.3 Å². The largest absolute Gasteiger partial charge is 0.449 e. The van der Waals surface area contributed by atoms with Gasteiger partial charge in [-0.1, -0.05) is 6.07 Å². The van der Waals surface area contributed by atoms with Gasteiger partial charge in [-0.15, -0.1) is 0 Å². The van der Waals surface area contributed by atoms with E-state index in [0.29, 0.717) is 6.54 Å². The predicted octanol–water partition coefficient (Wildman–Crippen LogP) is 3.34. The molecular weight excluding hydrogens is 333 g/mol. The number of carbonyl (C=O) groups excluding carboxylic acids is 1. The second-order valence-corrected chi connectivity index (χ2v) is 5.54. The summed E-state index contributed by atoms with van der Waals surface area (Å²) in [6.45, 7) is 0.461. The van der Waals surface area contributed by atoms with Crippen molar-refractivity contribution < 1.29 is 18.0 Å². The van der Waals surface area contributed by atoms with E-state index in [9.17, 15) is 18.0 Å². The second-order valence-electron chi connectivity index (χ2n) is 5.54. The van der Waals surface area contributed by atoms with E-state index in [1.807, 2.05) is 12.1 Å². The minimum atomic E-state index is -4.55. The number of nitrogens with zero attached hydrogens (tertiary/aromatic N) is 2. The number of pyridine rings is 1. The van der Waals surface area contributed by atoms with Crippen molar-refractivity contribution in [1.82, 2.24) is 20.3 Å². The van der Waals surface area contributed by atoms with Gasteiger partial charge in [-0.05, 0) is 42.7 Å². The minimum absolute atomic E-state index is 0.167. The molecule has 0 unspecified atom stereocenters. The number of aryl methyl sites for hydroxylation is 1. The third-order valence-corrected chi connectivity index (χ3v) is 3.66. The summed E-state index contributed by atoms with van der Waals surface area (Å²) in [6.07, 6.45) is 0.436. The van der Waals surface area contributed by atoms with Crippen molar-refractivity contribution in [3.05, 3.63) is 59.7 Å². The van der Waals surface area contributed by atoms with Gasteiger partial charge in [0.15, 0.2) is 0 Å². The Morgan fingerprint density at radius 2 is 2.08 bits per heavy atom. The number of halogens is 3. The van der Waals surface area contributed by atoms with Gasteiger partial charge in [0, 0.05) is 24.5 Å². The number of alkyl halides is 3. The summed E-state index contributed by atoms with van der Waals surface area (Å²) in [6, 6.07) is 8.03. The van der Waals surface area contributed by atoms with Crippen molar-refractivity contribution in [2.75, 3.05) is 6.54 Å². The third kappa shape index (κ3) is 4.14. The first-order chi connectivity index (χ1) is 11.9. The summed E-state index contributed by atoms with van der Waals surface area (Å²) in [5.41, 5.74) is 1.71. The lowest BCUT2D eigenvalue weighted by molar-refractivity contribution is -0.144. The maximum absolute atomic E-state index is 12.7. The molecule has 2 N–H and O–H groups in total. The van der Waals surface area contributed by atoms with Crippen LogP contribution in [0.5, 0.6) is 0 Å². The Bertz CT molecular complexity index is 874. The molecule has 25 heavy (non-hydrogen) atoms. The molecule has 3 rings (SSSR count). The van der Waals surface area contributed by atoms with Gasteiger partial charge >= 0.3 is 6.18 Å². The summed E-state index contributed by atoms with van der Waals surface area (Å²) in [5, 5.41) is 2.76. The van der Waals surface area contributed by atoms with Crippen LogP contribution in [0.4, 0.5) is 13.2 Å². The maximum atomic E-state index is 12.7. The summed E-state index contributed by atoms with van der Waals surface area (Å²) < 4.78 is 38.0. The van der Waals surface area contributed by atoms with Gasteiger partial charge in [0.1, 0.15) is 0 Å². The molecule has 130 valence electrons. The van der Waals surface area contributed by atoms with Crippen molar-refractivity contribution in [2.24, 2.45) is 0 Å². The molecule has 5 nitrogen and oxygen atoms in total. The normalized spacial score (nSPS) is 11.6. The van der Waals surface area contributed by atoms with E-state index in [4.69, 9.17) is 0 Å². The topological polar surface area (TPSA) is 70.7 Å². The minimum Gasteiger partial charge on any atom is -0.352 e. The second kappa shape index (κ2) is 6.92. The lowest BCUT2D eigenvalue weighted by Gasteiger charge is -2.05. The number of benzene rings is 1.